The smallest absolute Gasteiger partial charge is 0.274 e. The van der Waals surface area contributed by atoms with Crippen molar-refractivity contribution in [3.05, 3.63) is 68.5 Å². The van der Waals surface area contributed by atoms with E-state index >= 15 is 0 Å². The molecule has 2 N–H and O–H groups in total. The Balaban J connectivity index is 2.05. The first-order chi connectivity index (χ1) is 10.1. The van der Waals surface area contributed by atoms with E-state index in [0.717, 1.165) is 9.99 Å². The monoisotopic (exact) mass is 342 g/mol. The third-order valence-corrected chi connectivity index (χ3v) is 3.53. The second kappa shape index (κ2) is 5.54. The first-order valence-corrected chi connectivity index (χ1v) is 7.08. The first-order valence-electron chi connectivity index (χ1n) is 6.29. The summed E-state index contributed by atoms with van der Waals surface area (Å²) < 4.78 is 0.848. The number of aromatic amines is 1. The number of H-pyrrole nitrogens is 1. The van der Waals surface area contributed by atoms with Gasteiger partial charge in [-0.15, -0.1) is 0 Å². The molecule has 0 aliphatic rings. The van der Waals surface area contributed by atoms with E-state index in [1.54, 1.807) is 36.4 Å². The predicted octanol–water partition coefficient (Wildman–Crippen LogP) is 3.56. The van der Waals surface area contributed by atoms with Crippen molar-refractivity contribution in [3.8, 4) is 5.75 Å². The van der Waals surface area contributed by atoms with Gasteiger partial charge in [-0.3, -0.25) is 4.79 Å². The van der Waals surface area contributed by atoms with Crippen LogP contribution in [0.25, 0.3) is 23.2 Å². The number of phenolic OH excluding ortho intramolecular Hbond substituents is 1. The SMILES string of the molecule is O=c1[nH]c2ccccc2nc1C=Cc1cc(Br)ccc1O. The number of aromatic nitrogens is 2. The molecule has 0 fully saturated rings. The van der Waals surface area contributed by atoms with E-state index in [9.17, 15) is 9.90 Å². The maximum absolute atomic E-state index is 12.0. The van der Waals surface area contributed by atoms with Gasteiger partial charge in [0.2, 0.25) is 0 Å². The quantitative estimate of drug-likeness (QED) is 0.748. The lowest BCUT2D eigenvalue weighted by Gasteiger charge is -2.00. The van der Waals surface area contributed by atoms with Crippen molar-refractivity contribution >= 4 is 39.1 Å². The molecule has 0 atom stereocenters. The fraction of sp³-hybridized carbons (Fsp3) is 0. The maximum atomic E-state index is 12.0. The summed E-state index contributed by atoms with van der Waals surface area (Å²) >= 11 is 3.34. The number of hydrogen-bond acceptors (Lipinski definition) is 3. The zero-order valence-electron chi connectivity index (χ0n) is 10.9. The number of phenols is 1. The molecule has 0 spiro atoms. The minimum atomic E-state index is -0.264. The van der Waals surface area contributed by atoms with Gasteiger partial charge < -0.3 is 10.1 Å². The first kappa shape index (κ1) is 13.6. The molecular formula is C16H11BrN2O2. The van der Waals surface area contributed by atoms with Crippen LogP contribution in [0.2, 0.25) is 0 Å². The fourth-order valence-electron chi connectivity index (χ4n) is 1.98. The fourth-order valence-corrected chi connectivity index (χ4v) is 2.36. The topological polar surface area (TPSA) is 66.0 Å². The molecule has 0 amide bonds. The molecule has 2 aromatic carbocycles. The Morgan fingerprint density at radius 3 is 2.81 bits per heavy atom. The molecule has 1 aromatic heterocycles. The molecule has 21 heavy (non-hydrogen) atoms. The molecule has 3 rings (SSSR count). The highest BCUT2D eigenvalue weighted by atomic mass is 79.9. The van der Waals surface area contributed by atoms with E-state index in [1.165, 1.54) is 0 Å². The van der Waals surface area contributed by atoms with Crippen LogP contribution in [0.15, 0.2) is 51.7 Å². The molecule has 0 aliphatic carbocycles. The van der Waals surface area contributed by atoms with Gasteiger partial charge in [-0.1, -0.05) is 28.1 Å². The van der Waals surface area contributed by atoms with Crippen LogP contribution in [-0.4, -0.2) is 15.1 Å². The van der Waals surface area contributed by atoms with Crippen LogP contribution in [0.5, 0.6) is 5.75 Å². The summed E-state index contributed by atoms with van der Waals surface area (Å²) in [6.07, 6.45) is 3.25. The van der Waals surface area contributed by atoms with Gasteiger partial charge in [0.05, 0.1) is 11.0 Å². The lowest BCUT2D eigenvalue weighted by Crippen LogP contribution is -2.11. The molecule has 5 heteroatoms. The Labute approximate surface area is 128 Å². The summed E-state index contributed by atoms with van der Waals surface area (Å²) in [6, 6.07) is 12.4. The van der Waals surface area contributed by atoms with Crippen molar-refractivity contribution in [3.63, 3.8) is 0 Å². The Kier molecular flexibility index (Phi) is 3.58. The number of halogens is 1. The Morgan fingerprint density at radius 1 is 1.14 bits per heavy atom. The summed E-state index contributed by atoms with van der Waals surface area (Å²) in [5.74, 6) is 0.145. The van der Waals surface area contributed by atoms with Gasteiger partial charge in [0.25, 0.3) is 5.56 Å². The molecule has 4 nitrogen and oxygen atoms in total. The molecule has 0 radical (unpaired) electrons. The molecule has 0 unspecified atom stereocenters. The zero-order valence-corrected chi connectivity index (χ0v) is 12.5. The summed E-state index contributed by atoms with van der Waals surface area (Å²) in [5.41, 5.74) is 2.06. The van der Waals surface area contributed by atoms with E-state index in [1.807, 2.05) is 18.2 Å². The van der Waals surface area contributed by atoms with Gasteiger partial charge in [0, 0.05) is 10.0 Å². The zero-order chi connectivity index (χ0) is 14.8. The van der Waals surface area contributed by atoms with Crippen LogP contribution >= 0.6 is 15.9 Å². The molecular weight excluding hydrogens is 332 g/mol. The average molecular weight is 343 g/mol. The second-order valence-corrected chi connectivity index (χ2v) is 5.42. The Morgan fingerprint density at radius 2 is 1.95 bits per heavy atom. The van der Waals surface area contributed by atoms with Crippen molar-refractivity contribution in [2.45, 2.75) is 0 Å². The molecule has 1 heterocycles. The minimum absolute atomic E-state index is 0.145. The van der Waals surface area contributed by atoms with E-state index in [-0.39, 0.29) is 11.3 Å². The molecule has 0 bridgehead atoms. The highest BCUT2D eigenvalue weighted by Crippen LogP contribution is 2.23. The highest BCUT2D eigenvalue weighted by molar-refractivity contribution is 9.10. The van der Waals surface area contributed by atoms with Crippen molar-refractivity contribution in [1.82, 2.24) is 9.97 Å². The van der Waals surface area contributed by atoms with E-state index in [0.29, 0.717) is 16.8 Å². The predicted molar refractivity (Wildman–Crippen MR) is 87.1 cm³/mol. The average Bonchev–Trinajstić information content (AvgIpc) is 2.48. The standard InChI is InChI=1S/C16H11BrN2O2/c17-11-6-8-15(20)10(9-11)5-7-14-16(21)19-13-4-2-1-3-12(13)18-14/h1-9,20H,(H,19,21). The maximum Gasteiger partial charge on any atom is 0.274 e. The van der Waals surface area contributed by atoms with Crippen LogP contribution in [0, 0.1) is 0 Å². The lowest BCUT2D eigenvalue weighted by atomic mass is 10.2. The third kappa shape index (κ3) is 2.87. The number of nitrogens with one attached hydrogen (secondary N) is 1. The van der Waals surface area contributed by atoms with Crippen molar-refractivity contribution in [1.29, 1.82) is 0 Å². The van der Waals surface area contributed by atoms with Crippen molar-refractivity contribution in [2.24, 2.45) is 0 Å². The molecule has 0 aliphatic heterocycles. The van der Waals surface area contributed by atoms with Crippen LogP contribution < -0.4 is 5.56 Å². The molecule has 0 saturated carbocycles. The normalized spacial score (nSPS) is 11.3. The third-order valence-electron chi connectivity index (χ3n) is 3.04. The van der Waals surface area contributed by atoms with Gasteiger partial charge in [-0.05, 0) is 42.5 Å². The largest absolute Gasteiger partial charge is 0.507 e. The molecule has 0 saturated heterocycles. The molecule has 104 valence electrons. The summed E-state index contributed by atoms with van der Waals surface area (Å²) in [7, 11) is 0. The lowest BCUT2D eigenvalue weighted by molar-refractivity contribution is 0.474. The van der Waals surface area contributed by atoms with Crippen molar-refractivity contribution in [2.75, 3.05) is 0 Å². The number of rotatable bonds is 2. The number of nitrogens with zero attached hydrogens (tertiary/aromatic N) is 1. The minimum Gasteiger partial charge on any atom is -0.507 e. The number of aromatic hydroxyl groups is 1. The van der Waals surface area contributed by atoms with Gasteiger partial charge in [0.15, 0.2) is 0 Å². The van der Waals surface area contributed by atoms with Crippen LogP contribution in [0.4, 0.5) is 0 Å². The van der Waals surface area contributed by atoms with Crippen LogP contribution in [-0.2, 0) is 0 Å². The van der Waals surface area contributed by atoms with Gasteiger partial charge in [0.1, 0.15) is 11.4 Å². The number of benzene rings is 2. The summed E-state index contributed by atoms with van der Waals surface area (Å²) in [6.45, 7) is 0. The Bertz CT molecular complexity index is 900. The second-order valence-electron chi connectivity index (χ2n) is 4.50. The van der Waals surface area contributed by atoms with Crippen LogP contribution in [0.3, 0.4) is 0 Å². The van der Waals surface area contributed by atoms with Gasteiger partial charge in [-0.2, -0.15) is 0 Å². The van der Waals surface area contributed by atoms with Crippen molar-refractivity contribution < 1.29 is 5.11 Å². The number of hydrogen-bond donors (Lipinski definition) is 2. The molecule has 3 aromatic rings. The highest BCUT2D eigenvalue weighted by Gasteiger charge is 2.02. The van der Waals surface area contributed by atoms with Gasteiger partial charge >= 0.3 is 0 Å². The number of fused-ring (bicyclic) bond motifs is 1. The Hall–Kier alpha value is -2.40. The van der Waals surface area contributed by atoms with E-state index in [2.05, 4.69) is 25.9 Å². The van der Waals surface area contributed by atoms with E-state index < -0.39 is 0 Å². The van der Waals surface area contributed by atoms with Gasteiger partial charge in [-0.25, -0.2) is 4.98 Å². The van der Waals surface area contributed by atoms with E-state index in [4.69, 9.17) is 0 Å². The number of para-hydroxylation sites is 2. The summed E-state index contributed by atoms with van der Waals surface area (Å²) in [4.78, 5) is 19.1. The summed E-state index contributed by atoms with van der Waals surface area (Å²) in [5, 5.41) is 9.78. The van der Waals surface area contributed by atoms with Crippen LogP contribution in [0.1, 0.15) is 11.3 Å².